The molecule has 1 saturated heterocycles. The van der Waals surface area contributed by atoms with E-state index < -0.39 is 6.10 Å². The highest BCUT2D eigenvalue weighted by atomic mass is 35.5. The van der Waals surface area contributed by atoms with Gasteiger partial charge in [0.1, 0.15) is 6.10 Å². The van der Waals surface area contributed by atoms with Crippen molar-refractivity contribution in [1.82, 2.24) is 4.90 Å². The van der Waals surface area contributed by atoms with Crippen LogP contribution < -0.4 is 0 Å². The van der Waals surface area contributed by atoms with Crippen molar-refractivity contribution >= 4 is 34.9 Å². The van der Waals surface area contributed by atoms with E-state index in [0.29, 0.717) is 35.3 Å². The monoisotopic (exact) mass is 327 g/mol. The molecule has 4 nitrogen and oxygen atoms in total. The number of ether oxygens (including phenoxy) is 1. The van der Waals surface area contributed by atoms with Crippen LogP contribution in [0.3, 0.4) is 0 Å². The van der Waals surface area contributed by atoms with Gasteiger partial charge in [0.15, 0.2) is 5.78 Å². The van der Waals surface area contributed by atoms with Crippen molar-refractivity contribution < 1.29 is 14.3 Å². The van der Waals surface area contributed by atoms with E-state index in [0.717, 1.165) is 12.8 Å². The topological polar surface area (TPSA) is 46.6 Å². The molecule has 0 unspecified atom stereocenters. The van der Waals surface area contributed by atoms with Crippen LogP contribution in [-0.4, -0.2) is 42.4 Å². The summed E-state index contributed by atoms with van der Waals surface area (Å²) in [5, 5.41) is 0.762. The molecular weight excluding hydrogens is 313 g/mol. The van der Waals surface area contributed by atoms with Crippen LogP contribution in [0.15, 0.2) is 18.2 Å². The first-order valence-corrected chi connectivity index (χ1v) is 7.71. The number of ketones is 1. The number of amides is 1. The van der Waals surface area contributed by atoms with Crippen molar-refractivity contribution in [1.29, 1.82) is 0 Å². The maximum Gasteiger partial charge on any atom is 0.254 e. The number of carbonyl (C=O) groups is 2. The fourth-order valence-corrected chi connectivity index (χ4v) is 2.75. The Labute approximate surface area is 133 Å². The molecule has 3 rings (SSSR count). The van der Waals surface area contributed by atoms with E-state index in [9.17, 15) is 9.59 Å². The summed E-state index contributed by atoms with van der Waals surface area (Å²) in [4.78, 5) is 26.2. The maximum atomic E-state index is 12.5. The largest absolute Gasteiger partial charge is 0.367 e. The van der Waals surface area contributed by atoms with Crippen molar-refractivity contribution in [3.8, 4) is 0 Å². The number of benzene rings is 1. The van der Waals surface area contributed by atoms with Crippen LogP contribution in [0.4, 0.5) is 0 Å². The second kappa shape index (κ2) is 5.95. The number of morpholine rings is 1. The maximum absolute atomic E-state index is 12.5. The average Bonchev–Trinajstić information content (AvgIpc) is 3.33. The van der Waals surface area contributed by atoms with Gasteiger partial charge >= 0.3 is 0 Å². The van der Waals surface area contributed by atoms with Gasteiger partial charge in [-0.2, -0.15) is 0 Å². The lowest BCUT2D eigenvalue weighted by molar-refractivity contribution is -0.136. The normalized spacial score (nSPS) is 22.2. The number of rotatable bonds is 3. The van der Waals surface area contributed by atoms with Crippen molar-refractivity contribution in [2.45, 2.75) is 18.9 Å². The number of carbonyl (C=O) groups excluding carboxylic acids is 2. The van der Waals surface area contributed by atoms with Crippen LogP contribution in [0.5, 0.6) is 0 Å². The molecule has 2 aliphatic rings. The highest BCUT2D eigenvalue weighted by molar-refractivity contribution is 6.42. The minimum Gasteiger partial charge on any atom is -0.367 e. The van der Waals surface area contributed by atoms with E-state index in [1.165, 1.54) is 0 Å². The molecule has 1 saturated carbocycles. The molecule has 0 radical (unpaired) electrons. The molecule has 1 atom stereocenters. The first kappa shape index (κ1) is 14.8. The number of halogens is 2. The predicted molar refractivity (Wildman–Crippen MR) is 79.8 cm³/mol. The van der Waals surface area contributed by atoms with E-state index >= 15 is 0 Å². The Balaban J connectivity index is 1.71. The molecule has 1 aromatic carbocycles. The van der Waals surface area contributed by atoms with Crippen LogP contribution >= 0.6 is 23.2 Å². The molecule has 2 fully saturated rings. The Kier molecular flexibility index (Phi) is 4.20. The highest BCUT2D eigenvalue weighted by Gasteiger charge is 2.38. The van der Waals surface area contributed by atoms with Crippen LogP contribution in [-0.2, 0) is 9.53 Å². The zero-order chi connectivity index (χ0) is 15.0. The Morgan fingerprint density at radius 2 is 1.95 bits per heavy atom. The fourth-order valence-electron chi connectivity index (χ4n) is 2.45. The van der Waals surface area contributed by atoms with Crippen LogP contribution in [0, 0.1) is 5.92 Å². The van der Waals surface area contributed by atoms with Gasteiger partial charge in [-0.05, 0) is 31.0 Å². The Hall–Kier alpha value is -1.10. The van der Waals surface area contributed by atoms with Gasteiger partial charge in [0.25, 0.3) is 5.91 Å². The lowest BCUT2D eigenvalue weighted by atomic mass is 10.1. The Bertz CT molecular complexity index is 586. The number of hydrogen-bond donors (Lipinski definition) is 0. The lowest BCUT2D eigenvalue weighted by Crippen LogP contribution is -2.49. The number of nitrogens with zero attached hydrogens (tertiary/aromatic N) is 1. The summed E-state index contributed by atoms with van der Waals surface area (Å²) in [5.41, 5.74) is 0.476. The quantitative estimate of drug-likeness (QED) is 0.857. The van der Waals surface area contributed by atoms with Gasteiger partial charge in [0.2, 0.25) is 0 Å². The van der Waals surface area contributed by atoms with Crippen molar-refractivity contribution in [3.63, 3.8) is 0 Å². The molecule has 112 valence electrons. The third kappa shape index (κ3) is 3.23. The van der Waals surface area contributed by atoms with Gasteiger partial charge in [-0.15, -0.1) is 0 Å². The minimum absolute atomic E-state index is 0.127. The molecule has 6 heteroatoms. The molecule has 0 N–H and O–H groups in total. The third-order valence-electron chi connectivity index (χ3n) is 3.82. The van der Waals surface area contributed by atoms with Gasteiger partial charge in [-0.25, -0.2) is 0 Å². The van der Waals surface area contributed by atoms with E-state index in [1.807, 2.05) is 0 Å². The molecule has 21 heavy (non-hydrogen) atoms. The van der Waals surface area contributed by atoms with Gasteiger partial charge in [0, 0.05) is 18.0 Å². The SMILES string of the molecule is O=C(C1CC1)[C@H]1CN(C(=O)c2ccc(Cl)c(Cl)c2)CCO1. The second-order valence-corrected chi connectivity index (χ2v) is 6.23. The smallest absolute Gasteiger partial charge is 0.254 e. The summed E-state index contributed by atoms with van der Waals surface area (Å²) >= 11 is 11.8. The number of Topliss-reactive ketones (excluding diaryl/α,β-unsaturated/α-hetero) is 1. The van der Waals surface area contributed by atoms with Gasteiger partial charge in [-0.1, -0.05) is 23.2 Å². The summed E-state index contributed by atoms with van der Waals surface area (Å²) < 4.78 is 5.51. The van der Waals surface area contributed by atoms with Crippen molar-refractivity contribution in [3.05, 3.63) is 33.8 Å². The molecule has 1 amide bonds. The van der Waals surface area contributed by atoms with Gasteiger partial charge in [0.05, 0.1) is 23.2 Å². The standard InChI is InChI=1S/C15H15Cl2NO3/c16-11-4-3-10(7-12(11)17)15(20)18-5-6-21-13(8-18)14(19)9-1-2-9/h3-4,7,9,13H,1-2,5-6,8H2/t13-/m1/s1. The third-order valence-corrected chi connectivity index (χ3v) is 4.56. The summed E-state index contributed by atoms with van der Waals surface area (Å²) in [6.45, 7) is 1.18. The summed E-state index contributed by atoms with van der Waals surface area (Å²) in [6, 6.07) is 4.80. The van der Waals surface area contributed by atoms with Crippen molar-refractivity contribution in [2.24, 2.45) is 5.92 Å². The zero-order valence-electron chi connectivity index (χ0n) is 11.4. The molecule has 1 aromatic rings. The highest BCUT2D eigenvalue weighted by Crippen LogP contribution is 2.32. The first-order chi connectivity index (χ1) is 10.1. The molecule has 0 aromatic heterocycles. The average molecular weight is 328 g/mol. The Morgan fingerprint density at radius 1 is 1.19 bits per heavy atom. The molecule has 1 aliphatic heterocycles. The summed E-state index contributed by atoms with van der Waals surface area (Å²) in [7, 11) is 0. The van der Waals surface area contributed by atoms with Gasteiger partial charge < -0.3 is 9.64 Å². The summed E-state index contributed by atoms with van der Waals surface area (Å²) in [6.07, 6.45) is 1.40. The molecule has 0 spiro atoms. The van der Waals surface area contributed by atoms with E-state index in [4.69, 9.17) is 27.9 Å². The van der Waals surface area contributed by atoms with Crippen molar-refractivity contribution in [2.75, 3.05) is 19.7 Å². The Morgan fingerprint density at radius 3 is 2.62 bits per heavy atom. The second-order valence-electron chi connectivity index (χ2n) is 5.42. The van der Waals surface area contributed by atoms with Gasteiger partial charge in [-0.3, -0.25) is 9.59 Å². The van der Waals surface area contributed by atoms with Crippen LogP contribution in [0.2, 0.25) is 10.0 Å². The first-order valence-electron chi connectivity index (χ1n) is 6.96. The molecule has 0 bridgehead atoms. The van der Waals surface area contributed by atoms with Crippen LogP contribution in [0.1, 0.15) is 23.2 Å². The van der Waals surface area contributed by atoms with E-state index in [1.54, 1.807) is 23.1 Å². The summed E-state index contributed by atoms with van der Waals surface area (Å²) in [5.74, 6) is 0.113. The minimum atomic E-state index is -0.488. The molecular formula is C15H15Cl2NO3. The van der Waals surface area contributed by atoms with Crippen LogP contribution in [0.25, 0.3) is 0 Å². The number of hydrogen-bond acceptors (Lipinski definition) is 3. The van der Waals surface area contributed by atoms with E-state index in [2.05, 4.69) is 0 Å². The predicted octanol–water partition coefficient (Wildman–Crippen LogP) is 2.81. The molecule has 1 heterocycles. The van der Waals surface area contributed by atoms with E-state index in [-0.39, 0.29) is 17.6 Å². The molecule has 1 aliphatic carbocycles. The fraction of sp³-hybridized carbons (Fsp3) is 0.467. The zero-order valence-corrected chi connectivity index (χ0v) is 12.9. The lowest BCUT2D eigenvalue weighted by Gasteiger charge is -2.32.